The van der Waals surface area contributed by atoms with E-state index in [-0.39, 0.29) is 18.4 Å². The fourth-order valence-electron chi connectivity index (χ4n) is 4.29. The van der Waals surface area contributed by atoms with Gasteiger partial charge in [0.1, 0.15) is 6.23 Å². The number of unbranched alkanes of at least 4 members (excludes halogenated alkanes) is 8. The van der Waals surface area contributed by atoms with Crippen molar-refractivity contribution < 1.29 is 46.5 Å². The number of rotatable bonds is 20. The second kappa shape index (κ2) is 17.7. The van der Waals surface area contributed by atoms with E-state index in [1.54, 1.807) is 7.11 Å². The van der Waals surface area contributed by atoms with Crippen molar-refractivity contribution in [3.63, 3.8) is 0 Å². The summed E-state index contributed by atoms with van der Waals surface area (Å²) in [6, 6.07) is -0.973. The van der Waals surface area contributed by atoms with Gasteiger partial charge in [-0.3, -0.25) is 28.6 Å². The van der Waals surface area contributed by atoms with Gasteiger partial charge >= 0.3 is 27.3 Å². The van der Waals surface area contributed by atoms with E-state index < -0.39 is 57.8 Å². The van der Waals surface area contributed by atoms with Gasteiger partial charge in [-0.1, -0.05) is 50.1 Å². The van der Waals surface area contributed by atoms with Crippen LogP contribution in [0, 0.1) is 6.92 Å². The molecule has 3 N–H and O–H groups in total. The SMILES string of the molecule is COCCCCCCCCCCCC(=O)OP(=O)(O)OP(=O)(O)OC[C@H]1O[C@@H](n2cc(C)c(=O)[nH]c2=O)C[C@@H]1N=[N+]=[N-]. The Kier molecular flexibility index (Phi) is 15.1. The number of aryl methyl sites for hydroxylation is 1. The Morgan fingerprint density at radius 2 is 1.74 bits per heavy atom. The fourth-order valence-corrected chi connectivity index (χ4v) is 6.34. The number of carbonyl (C=O) groups excluding carboxylic acids is 1. The van der Waals surface area contributed by atoms with Crippen molar-refractivity contribution in [2.75, 3.05) is 20.3 Å². The Bertz CT molecular complexity index is 1280. The van der Waals surface area contributed by atoms with Crippen LogP contribution in [0.15, 0.2) is 20.9 Å². The first kappa shape index (κ1) is 35.9. The molecule has 0 saturated carbocycles. The molecule has 19 heteroatoms. The quantitative estimate of drug-likeness (QED) is 0.0599. The molecule has 0 spiro atoms. The third-order valence-electron chi connectivity index (χ3n) is 6.42. The molecule has 2 unspecified atom stereocenters. The third kappa shape index (κ3) is 12.9. The molecule has 17 nitrogen and oxygen atoms in total. The first-order valence-corrected chi connectivity index (χ1v) is 16.6. The Labute approximate surface area is 242 Å². The molecule has 1 aliphatic heterocycles. The average Bonchev–Trinajstić information content (AvgIpc) is 3.30. The van der Waals surface area contributed by atoms with Crippen LogP contribution in [0.4, 0.5) is 0 Å². The smallest absolute Gasteiger partial charge is 0.385 e. The van der Waals surface area contributed by atoms with Crippen LogP contribution in [-0.4, -0.2) is 57.8 Å². The van der Waals surface area contributed by atoms with Crippen LogP contribution in [0.25, 0.3) is 10.4 Å². The van der Waals surface area contributed by atoms with Crippen LogP contribution in [0.1, 0.15) is 82.4 Å². The molecule has 1 saturated heterocycles. The van der Waals surface area contributed by atoms with Crippen molar-refractivity contribution in [3.05, 3.63) is 43.0 Å². The van der Waals surface area contributed by atoms with Crippen molar-refractivity contribution >= 4 is 21.6 Å². The molecule has 0 amide bonds. The van der Waals surface area contributed by atoms with Gasteiger partial charge in [-0.25, -0.2) is 13.9 Å². The Balaban J connectivity index is 1.77. The highest BCUT2D eigenvalue weighted by Crippen LogP contribution is 2.60. The van der Waals surface area contributed by atoms with Crippen molar-refractivity contribution in [2.45, 2.75) is 95.9 Å². The predicted molar refractivity (Wildman–Crippen MR) is 148 cm³/mol. The lowest BCUT2D eigenvalue weighted by Crippen LogP contribution is -2.33. The number of aromatic amines is 1. The molecule has 0 radical (unpaired) electrons. The molecule has 2 rings (SSSR count). The molecule has 1 aromatic rings. The number of hydrogen-bond acceptors (Lipinski definition) is 11. The number of azide groups is 1. The highest BCUT2D eigenvalue weighted by Gasteiger charge is 2.41. The lowest BCUT2D eigenvalue weighted by molar-refractivity contribution is -0.135. The number of methoxy groups -OCH3 is 1. The number of nitrogens with one attached hydrogen (secondary N) is 1. The molecule has 42 heavy (non-hydrogen) atoms. The highest BCUT2D eigenvalue weighted by atomic mass is 31.3. The Hall–Kier alpha value is -2.32. The third-order valence-corrected chi connectivity index (χ3v) is 8.98. The molecule has 238 valence electrons. The standard InChI is InChI=1S/C23H39N5O12P2/c1-17-15-28(23(31)25-22(17)30)20-14-18(26-27-24)19(38-20)16-37-41(32,33)40-42(34,35)39-21(29)12-10-8-6-4-3-5-7-9-11-13-36-2/h15,18-20H,3-14,16H2,1-2H3,(H,32,33)(H,34,35)(H,25,30,31)/t18-,19+,20+/m0/s1. The van der Waals surface area contributed by atoms with Gasteiger partial charge in [0.05, 0.1) is 18.8 Å². The van der Waals surface area contributed by atoms with Crippen molar-refractivity contribution in [2.24, 2.45) is 5.11 Å². The summed E-state index contributed by atoms with van der Waals surface area (Å²) in [6.45, 7) is 1.47. The molecule has 0 aromatic carbocycles. The van der Waals surface area contributed by atoms with E-state index in [4.69, 9.17) is 19.5 Å². The minimum Gasteiger partial charge on any atom is -0.385 e. The van der Waals surface area contributed by atoms with Crippen LogP contribution in [-0.2, 0) is 36.8 Å². The summed E-state index contributed by atoms with van der Waals surface area (Å²) in [4.78, 5) is 60.3. The lowest BCUT2D eigenvalue weighted by atomic mass is 10.1. The molecule has 1 aliphatic rings. The maximum absolute atomic E-state index is 12.3. The van der Waals surface area contributed by atoms with Crippen LogP contribution in [0.3, 0.4) is 0 Å². The molecule has 5 atom stereocenters. The molecular formula is C23H39N5O12P2. The van der Waals surface area contributed by atoms with Gasteiger partial charge in [-0.05, 0) is 25.3 Å². The number of aromatic nitrogens is 2. The zero-order valence-electron chi connectivity index (χ0n) is 23.7. The zero-order valence-corrected chi connectivity index (χ0v) is 25.5. The van der Waals surface area contributed by atoms with Crippen molar-refractivity contribution in [1.82, 2.24) is 9.55 Å². The Morgan fingerprint density at radius 1 is 1.12 bits per heavy atom. The highest BCUT2D eigenvalue weighted by molar-refractivity contribution is 7.61. The summed E-state index contributed by atoms with van der Waals surface area (Å²) in [6.07, 6.45) is 7.30. The van der Waals surface area contributed by atoms with Crippen molar-refractivity contribution in [1.29, 1.82) is 0 Å². The summed E-state index contributed by atoms with van der Waals surface area (Å²) >= 11 is 0. The first-order chi connectivity index (χ1) is 19.9. The molecule has 2 heterocycles. The Morgan fingerprint density at radius 3 is 2.36 bits per heavy atom. The normalized spacial score (nSPS) is 21.3. The minimum atomic E-state index is -5.32. The van der Waals surface area contributed by atoms with E-state index in [1.807, 2.05) is 0 Å². The van der Waals surface area contributed by atoms with Gasteiger partial charge in [0.15, 0.2) is 0 Å². The van der Waals surface area contributed by atoms with Gasteiger partial charge in [0, 0.05) is 43.2 Å². The van der Waals surface area contributed by atoms with Gasteiger partial charge in [-0.2, -0.15) is 4.31 Å². The predicted octanol–water partition coefficient (Wildman–Crippen LogP) is 4.14. The zero-order chi connectivity index (χ0) is 31.2. The number of phosphoric ester groups is 2. The summed E-state index contributed by atoms with van der Waals surface area (Å²) in [5, 5.41) is 3.53. The van der Waals surface area contributed by atoms with Gasteiger partial charge in [-0.15, -0.1) is 0 Å². The monoisotopic (exact) mass is 639 g/mol. The molecular weight excluding hydrogens is 600 g/mol. The lowest BCUT2D eigenvalue weighted by Gasteiger charge is -2.19. The van der Waals surface area contributed by atoms with Gasteiger partial charge < -0.3 is 18.9 Å². The largest absolute Gasteiger partial charge is 0.538 e. The fraction of sp³-hybridized carbons (Fsp3) is 0.783. The second-order valence-electron chi connectivity index (χ2n) is 9.82. The summed E-state index contributed by atoms with van der Waals surface area (Å²) in [5.41, 5.74) is 7.68. The number of ether oxygens (including phenoxy) is 2. The number of carbonyl (C=O) groups is 1. The molecule has 0 aliphatic carbocycles. The number of nitrogens with zero attached hydrogens (tertiary/aromatic N) is 4. The van der Waals surface area contributed by atoms with Gasteiger partial charge in [0.25, 0.3) is 5.56 Å². The van der Waals surface area contributed by atoms with Crippen LogP contribution < -0.4 is 11.2 Å². The van der Waals surface area contributed by atoms with Crippen LogP contribution in [0.5, 0.6) is 0 Å². The van der Waals surface area contributed by atoms with E-state index >= 15 is 0 Å². The van der Waals surface area contributed by atoms with Gasteiger partial charge in [0.2, 0.25) is 0 Å². The summed E-state index contributed by atoms with van der Waals surface area (Å²) in [5.74, 6) is -1.08. The first-order valence-electron chi connectivity index (χ1n) is 13.6. The van der Waals surface area contributed by atoms with E-state index in [0.717, 1.165) is 56.1 Å². The maximum atomic E-state index is 12.3. The number of phosphoric acid groups is 2. The summed E-state index contributed by atoms with van der Waals surface area (Å²) < 4.78 is 49.5. The number of hydrogen-bond donors (Lipinski definition) is 3. The molecule has 0 bridgehead atoms. The topological polar surface area (TPSA) is 241 Å². The van der Waals surface area contributed by atoms with E-state index in [0.29, 0.717) is 12.8 Å². The maximum Gasteiger partial charge on any atom is 0.538 e. The van der Waals surface area contributed by atoms with Crippen LogP contribution in [0.2, 0.25) is 0 Å². The van der Waals surface area contributed by atoms with E-state index in [9.17, 15) is 33.3 Å². The molecule has 1 aromatic heterocycles. The second-order valence-corrected chi connectivity index (χ2v) is 12.8. The average molecular weight is 640 g/mol. The van der Waals surface area contributed by atoms with Crippen LogP contribution >= 0.6 is 15.6 Å². The van der Waals surface area contributed by atoms with E-state index in [1.165, 1.54) is 13.1 Å². The van der Waals surface area contributed by atoms with E-state index in [2.05, 4.69) is 23.8 Å². The summed E-state index contributed by atoms with van der Waals surface area (Å²) in [7, 11) is -8.90. The van der Waals surface area contributed by atoms with Crippen molar-refractivity contribution in [3.8, 4) is 0 Å². The minimum absolute atomic E-state index is 0.0505. The number of H-pyrrole nitrogens is 1. The molecule has 1 fully saturated rings.